The number of rotatable bonds is 9. The largest absolute Gasteiger partial charge is 0.491 e. The van der Waals surface area contributed by atoms with Gasteiger partial charge in [0.05, 0.1) is 11.6 Å². The summed E-state index contributed by atoms with van der Waals surface area (Å²) < 4.78 is 5.93. The Bertz CT molecular complexity index is 1370. The number of nitrogens with two attached hydrogens (primary N) is 2. The van der Waals surface area contributed by atoms with Crippen LogP contribution in [0.4, 0.5) is 4.79 Å². The number of carbonyl (C=O) groups excluding carboxylic acids is 1. The Morgan fingerprint density at radius 1 is 1.00 bits per heavy atom. The van der Waals surface area contributed by atoms with Crippen molar-refractivity contribution >= 4 is 23.6 Å². The fraction of sp³-hybridized carbons (Fsp3) is 0.267. The molecule has 3 aromatic carbocycles. The van der Waals surface area contributed by atoms with Crippen molar-refractivity contribution in [3.8, 4) is 17.6 Å². The van der Waals surface area contributed by atoms with Gasteiger partial charge >= 0.3 is 6.09 Å². The van der Waals surface area contributed by atoms with Gasteiger partial charge in [0.25, 0.3) is 5.91 Å². The van der Waals surface area contributed by atoms with E-state index in [-0.39, 0.29) is 18.2 Å². The third-order valence-corrected chi connectivity index (χ3v) is 6.96. The number of hydrazine groups is 1. The smallest absolute Gasteiger partial charge is 0.422 e. The Balaban J connectivity index is 1.33. The van der Waals surface area contributed by atoms with Crippen LogP contribution in [0.2, 0.25) is 5.02 Å². The number of ether oxygens (including phenoxy) is 1. The van der Waals surface area contributed by atoms with Crippen molar-refractivity contribution in [2.75, 3.05) is 45.9 Å². The number of benzene rings is 3. The van der Waals surface area contributed by atoms with E-state index in [0.717, 1.165) is 31.2 Å². The lowest BCUT2D eigenvalue weighted by Gasteiger charge is -2.39. The van der Waals surface area contributed by atoms with Gasteiger partial charge in [0, 0.05) is 43.3 Å². The fourth-order valence-corrected chi connectivity index (χ4v) is 4.77. The average Bonchev–Trinajstić information content (AvgIpc) is 2.96. The van der Waals surface area contributed by atoms with Gasteiger partial charge in [-0.2, -0.15) is 0 Å². The number of primary amides is 1. The van der Waals surface area contributed by atoms with E-state index in [1.807, 2.05) is 18.2 Å². The van der Waals surface area contributed by atoms with Gasteiger partial charge < -0.3 is 15.6 Å². The summed E-state index contributed by atoms with van der Waals surface area (Å²) >= 11 is 6.15. The second-order valence-electron chi connectivity index (χ2n) is 9.38. The molecule has 0 radical (unpaired) electrons. The van der Waals surface area contributed by atoms with Crippen LogP contribution in [-0.2, 0) is 0 Å². The van der Waals surface area contributed by atoms with Crippen LogP contribution < -0.4 is 16.3 Å². The van der Waals surface area contributed by atoms with Crippen molar-refractivity contribution in [2.45, 2.75) is 6.04 Å². The molecule has 3 aromatic rings. The van der Waals surface area contributed by atoms with Gasteiger partial charge in [-0.05, 0) is 41.5 Å². The fourth-order valence-electron chi connectivity index (χ4n) is 4.64. The van der Waals surface area contributed by atoms with E-state index in [4.69, 9.17) is 33.0 Å². The molecule has 2 amide bonds. The lowest BCUT2D eigenvalue weighted by Crippen LogP contribution is -2.48. The summed E-state index contributed by atoms with van der Waals surface area (Å²) in [7, 11) is 0. The van der Waals surface area contributed by atoms with Crippen LogP contribution in [0.5, 0.6) is 5.75 Å². The molecule has 0 aliphatic carbocycles. The molecule has 0 spiro atoms. The van der Waals surface area contributed by atoms with Gasteiger partial charge in [0.2, 0.25) is 0 Å². The van der Waals surface area contributed by atoms with Crippen molar-refractivity contribution in [2.24, 2.45) is 11.6 Å². The Kier molecular flexibility index (Phi) is 10.00. The maximum absolute atomic E-state index is 12.0. The zero-order valence-corrected chi connectivity index (χ0v) is 22.8. The summed E-state index contributed by atoms with van der Waals surface area (Å²) in [6.45, 7) is 4.47. The van der Waals surface area contributed by atoms with E-state index < -0.39 is 12.0 Å². The summed E-state index contributed by atoms with van der Waals surface area (Å²) in [6, 6.07) is 23.6. The van der Waals surface area contributed by atoms with E-state index >= 15 is 0 Å². The van der Waals surface area contributed by atoms with E-state index in [1.54, 1.807) is 12.1 Å². The lowest BCUT2D eigenvalue weighted by atomic mass is 9.96. The van der Waals surface area contributed by atoms with Crippen molar-refractivity contribution in [1.82, 2.24) is 14.8 Å². The summed E-state index contributed by atoms with van der Waals surface area (Å²) in [4.78, 5) is 27.6. The van der Waals surface area contributed by atoms with E-state index in [2.05, 4.69) is 58.0 Å². The molecule has 1 aliphatic heterocycles. The van der Waals surface area contributed by atoms with Crippen LogP contribution in [-0.4, -0.2) is 77.8 Å². The number of hydrogen-bond acceptors (Lipinski definition) is 6. The van der Waals surface area contributed by atoms with Crippen LogP contribution in [0.15, 0.2) is 72.8 Å². The van der Waals surface area contributed by atoms with E-state index in [0.29, 0.717) is 29.5 Å². The molecule has 40 heavy (non-hydrogen) atoms. The minimum absolute atomic E-state index is 0.147. The molecular weight excluding hydrogens is 530 g/mol. The standard InChI is InChI=1S/C30H32ClN5O4/c31-25-11-9-24(10-12-25)28(23-6-2-1-3-7-23)35-17-15-34(16-18-35)19-20-40-27-13-8-22(21-26(27)29(32)37)5-4-14-36(33)30(38)39/h1-3,6-13,21,28H,14-20,33H2,(H2,32,37)(H,38,39). The topological polar surface area (TPSA) is 125 Å². The molecule has 1 aliphatic rings. The first-order chi connectivity index (χ1) is 19.3. The summed E-state index contributed by atoms with van der Waals surface area (Å²) in [5.41, 5.74) is 8.74. The van der Waals surface area contributed by atoms with Gasteiger partial charge in [-0.25, -0.2) is 15.6 Å². The molecular formula is C30H32ClN5O4. The monoisotopic (exact) mass is 561 g/mol. The molecule has 1 saturated heterocycles. The zero-order chi connectivity index (χ0) is 28.5. The van der Waals surface area contributed by atoms with Gasteiger partial charge in [-0.1, -0.05) is 65.9 Å². The number of carboxylic acid groups (broad SMARTS) is 1. The minimum atomic E-state index is -1.28. The second kappa shape index (κ2) is 13.8. The Morgan fingerprint density at radius 3 is 2.33 bits per heavy atom. The number of piperazine rings is 1. The normalized spacial score (nSPS) is 14.6. The van der Waals surface area contributed by atoms with Gasteiger partial charge in [-0.15, -0.1) is 0 Å². The zero-order valence-electron chi connectivity index (χ0n) is 22.0. The predicted molar refractivity (Wildman–Crippen MR) is 154 cm³/mol. The first kappa shape index (κ1) is 28.9. The third-order valence-electron chi connectivity index (χ3n) is 6.71. The molecule has 9 nitrogen and oxygen atoms in total. The molecule has 4 rings (SSSR count). The van der Waals surface area contributed by atoms with Crippen LogP contribution in [0.25, 0.3) is 0 Å². The van der Waals surface area contributed by atoms with Gasteiger partial charge in [0.1, 0.15) is 18.9 Å². The third kappa shape index (κ3) is 7.74. The molecule has 0 saturated carbocycles. The molecule has 1 heterocycles. The number of carbonyl (C=O) groups is 2. The molecule has 1 atom stereocenters. The minimum Gasteiger partial charge on any atom is -0.491 e. The number of amides is 2. The molecule has 5 N–H and O–H groups in total. The van der Waals surface area contributed by atoms with E-state index in [9.17, 15) is 9.59 Å². The quantitative estimate of drug-likeness (QED) is 0.158. The summed E-state index contributed by atoms with van der Waals surface area (Å²) in [5, 5.41) is 10.1. The maximum Gasteiger partial charge on any atom is 0.422 e. The highest BCUT2D eigenvalue weighted by Crippen LogP contribution is 2.30. The van der Waals surface area contributed by atoms with Crippen molar-refractivity contribution in [1.29, 1.82) is 0 Å². The molecule has 0 aromatic heterocycles. The maximum atomic E-state index is 12.0. The van der Waals surface area contributed by atoms with Crippen molar-refractivity contribution in [3.63, 3.8) is 0 Å². The highest BCUT2D eigenvalue weighted by Gasteiger charge is 2.26. The van der Waals surface area contributed by atoms with Crippen LogP contribution in [0, 0.1) is 11.8 Å². The highest BCUT2D eigenvalue weighted by atomic mass is 35.5. The number of hydrogen-bond donors (Lipinski definition) is 3. The average molecular weight is 562 g/mol. The van der Waals surface area contributed by atoms with Gasteiger partial charge in [-0.3, -0.25) is 14.6 Å². The van der Waals surface area contributed by atoms with Crippen LogP contribution in [0.3, 0.4) is 0 Å². The Labute approximate surface area is 238 Å². The van der Waals surface area contributed by atoms with Gasteiger partial charge in [0.15, 0.2) is 0 Å². The Hall–Kier alpha value is -4.07. The molecule has 0 bridgehead atoms. The number of halogens is 1. The second-order valence-corrected chi connectivity index (χ2v) is 9.81. The van der Waals surface area contributed by atoms with Crippen LogP contribution >= 0.6 is 11.6 Å². The highest BCUT2D eigenvalue weighted by molar-refractivity contribution is 6.30. The summed E-state index contributed by atoms with van der Waals surface area (Å²) in [6.07, 6.45) is -1.28. The van der Waals surface area contributed by atoms with Crippen molar-refractivity contribution in [3.05, 3.63) is 100 Å². The molecule has 1 unspecified atom stereocenters. The number of nitrogens with zero attached hydrogens (tertiary/aromatic N) is 3. The predicted octanol–water partition coefficient (Wildman–Crippen LogP) is 3.43. The molecule has 10 heteroatoms. The van der Waals surface area contributed by atoms with Crippen molar-refractivity contribution < 1.29 is 19.4 Å². The molecule has 1 fully saturated rings. The molecule has 208 valence electrons. The first-order valence-electron chi connectivity index (χ1n) is 12.9. The SMILES string of the molecule is NC(=O)c1cc(C#CCN(N)C(=O)O)ccc1OCCN1CCN(C(c2ccccc2)c2ccc(Cl)cc2)CC1. The summed E-state index contributed by atoms with van der Waals surface area (Å²) in [5.74, 6) is 10.5. The van der Waals surface area contributed by atoms with Crippen LogP contribution in [0.1, 0.15) is 33.1 Å². The Morgan fingerprint density at radius 2 is 1.68 bits per heavy atom. The van der Waals surface area contributed by atoms with E-state index in [1.165, 1.54) is 17.2 Å². The first-order valence-corrected chi connectivity index (χ1v) is 13.3. The lowest BCUT2D eigenvalue weighted by molar-refractivity contribution is 0.0957.